The van der Waals surface area contributed by atoms with Gasteiger partial charge in [0, 0.05) is 18.2 Å². The lowest BCUT2D eigenvalue weighted by Crippen LogP contribution is -2.52. The molecule has 132 valence electrons. The summed E-state index contributed by atoms with van der Waals surface area (Å²) in [6.45, 7) is 7.07. The molecule has 23 heavy (non-hydrogen) atoms. The van der Waals surface area contributed by atoms with Crippen LogP contribution in [0.4, 0.5) is 5.69 Å². The zero-order chi connectivity index (χ0) is 17.1. The van der Waals surface area contributed by atoms with Gasteiger partial charge in [-0.25, -0.2) is 13.1 Å². The van der Waals surface area contributed by atoms with Crippen molar-refractivity contribution < 1.29 is 13.3 Å². The van der Waals surface area contributed by atoms with Gasteiger partial charge in [0.05, 0.1) is 4.92 Å². The largest absolute Gasteiger partial charge is 0.329 e. The zero-order valence-corrected chi connectivity index (χ0v) is 15.4. The summed E-state index contributed by atoms with van der Waals surface area (Å²) >= 11 is 0. The van der Waals surface area contributed by atoms with Crippen LogP contribution in [-0.4, -0.2) is 25.4 Å². The number of benzene rings is 1. The van der Waals surface area contributed by atoms with E-state index >= 15 is 0 Å². The number of rotatable bonds is 7. The second kappa shape index (κ2) is 8.05. The van der Waals surface area contributed by atoms with Crippen molar-refractivity contribution in [2.24, 2.45) is 5.73 Å². The number of sulfonamides is 1. The van der Waals surface area contributed by atoms with Gasteiger partial charge in [-0.1, -0.05) is 19.9 Å². The minimum absolute atomic E-state index is 0. The molecule has 9 heteroatoms. The number of nitro benzene ring substituents is 1. The number of hydrogen-bond donors (Lipinski definition) is 2. The Morgan fingerprint density at radius 1 is 1.26 bits per heavy atom. The predicted molar refractivity (Wildman–Crippen MR) is 92.5 cm³/mol. The predicted octanol–water partition coefficient (Wildman–Crippen LogP) is 2.43. The van der Waals surface area contributed by atoms with Gasteiger partial charge in [-0.15, -0.1) is 12.4 Å². The van der Waals surface area contributed by atoms with Gasteiger partial charge in [0.1, 0.15) is 0 Å². The molecule has 0 aliphatic rings. The summed E-state index contributed by atoms with van der Waals surface area (Å²) in [6, 6.07) is 2.77. The molecule has 1 aromatic carbocycles. The van der Waals surface area contributed by atoms with Crippen LogP contribution >= 0.6 is 12.4 Å². The SMILES string of the molecule is CCC(CC)(CN)NS(=O)(=O)c1c([N+](=O)[O-])ccc(C)c1C.Cl. The van der Waals surface area contributed by atoms with Gasteiger partial charge in [-0.2, -0.15) is 0 Å². The summed E-state index contributed by atoms with van der Waals surface area (Å²) in [5, 5.41) is 11.2. The Kier molecular flexibility index (Phi) is 7.62. The summed E-state index contributed by atoms with van der Waals surface area (Å²) in [6.07, 6.45) is 0.996. The first-order valence-electron chi connectivity index (χ1n) is 7.12. The molecular weight excluding hydrogens is 342 g/mol. The summed E-state index contributed by atoms with van der Waals surface area (Å²) in [5.74, 6) is 0. The van der Waals surface area contributed by atoms with Crippen LogP contribution in [0.15, 0.2) is 17.0 Å². The van der Waals surface area contributed by atoms with Crippen LogP contribution in [0.1, 0.15) is 37.8 Å². The third-order valence-corrected chi connectivity index (χ3v) is 5.97. The molecule has 0 atom stereocenters. The molecule has 0 amide bonds. The van der Waals surface area contributed by atoms with E-state index in [0.29, 0.717) is 24.0 Å². The lowest BCUT2D eigenvalue weighted by Gasteiger charge is -2.31. The summed E-state index contributed by atoms with van der Waals surface area (Å²) < 4.78 is 28.1. The van der Waals surface area contributed by atoms with Gasteiger partial charge in [-0.3, -0.25) is 10.1 Å². The van der Waals surface area contributed by atoms with Crippen molar-refractivity contribution in [2.45, 2.75) is 51.0 Å². The Labute approximate surface area is 143 Å². The molecule has 0 unspecified atom stereocenters. The molecule has 0 fully saturated rings. The van der Waals surface area contributed by atoms with Gasteiger partial charge >= 0.3 is 0 Å². The van der Waals surface area contributed by atoms with Crippen LogP contribution in [0, 0.1) is 24.0 Å². The van der Waals surface area contributed by atoms with Gasteiger partial charge < -0.3 is 5.73 Å². The quantitative estimate of drug-likeness (QED) is 0.568. The molecule has 0 saturated heterocycles. The van der Waals surface area contributed by atoms with Gasteiger partial charge in [0.25, 0.3) is 5.69 Å². The summed E-state index contributed by atoms with van der Waals surface area (Å²) in [4.78, 5) is 10.2. The standard InChI is InChI=1S/C14H23N3O4S.ClH/c1-5-14(6-2,9-15)16-22(20,21)13-11(4)10(3)7-8-12(13)17(18)19;/h7-8,16H,5-6,9,15H2,1-4H3;1H. The van der Waals surface area contributed by atoms with E-state index in [4.69, 9.17) is 5.73 Å². The Balaban J connectivity index is 0.00000484. The van der Waals surface area contributed by atoms with Crippen LogP contribution < -0.4 is 10.5 Å². The third-order valence-electron chi connectivity index (χ3n) is 4.22. The van der Waals surface area contributed by atoms with E-state index in [0.717, 1.165) is 0 Å². The third kappa shape index (κ3) is 4.41. The van der Waals surface area contributed by atoms with E-state index in [1.807, 2.05) is 13.8 Å². The second-order valence-corrected chi connectivity index (χ2v) is 7.03. The van der Waals surface area contributed by atoms with Crippen LogP contribution in [0.2, 0.25) is 0 Å². The van der Waals surface area contributed by atoms with Crippen LogP contribution in [0.5, 0.6) is 0 Å². The fraction of sp³-hybridized carbons (Fsp3) is 0.571. The van der Waals surface area contributed by atoms with Crippen molar-refractivity contribution >= 4 is 28.1 Å². The molecule has 0 aliphatic carbocycles. The maximum Gasteiger partial charge on any atom is 0.289 e. The van der Waals surface area contributed by atoms with E-state index in [-0.39, 0.29) is 23.8 Å². The average Bonchev–Trinajstić information content (AvgIpc) is 2.47. The monoisotopic (exact) mass is 365 g/mol. The molecular formula is C14H24ClN3O4S. The van der Waals surface area contributed by atoms with Crippen LogP contribution in [0.25, 0.3) is 0 Å². The van der Waals surface area contributed by atoms with Gasteiger partial charge in [0.2, 0.25) is 10.0 Å². The van der Waals surface area contributed by atoms with Crippen molar-refractivity contribution in [3.8, 4) is 0 Å². The van der Waals surface area contributed by atoms with E-state index in [1.165, 1.54) is 6.07 Å². The van der Waals surface area contributed by atoms with Gasteiger partial charge in [-0.05, 0) is 37.8 Å². The first-order chi connectivity index (χ1) is 10.1. The number of nitro groups is 1. The van der Waals surface area contributed by atoms with Crippen molar-refractivity contribution in [3.63, 3.8) is 0 Å². The number of hydrogen-bond acceptors (Lipinski definition) is 5. The molecule has 3 N–H and O–H groups in total. The number of nitrogens with zero attached hydrogens (tertiary/aromatic N) is 1. The number of halogens is 1. The molecule has 0 radical (unpaired) electrons. The molecule has 1 rings (SSSR count). The highest BCUT2D eigenvalue weighted by molar-refractivity contribution is 7.89. The lowest BCUT2D eigenvalue weighted by molar-refractivity contribution is -0.387. The maximum absolute atomic E-state index is 12.8. The summed E-state index contributed by atoms with van der Waals surface area (Å²) in [7, 11) is -4.05. The topological polar surface area (TPSA) is 115 Å². The molecule has 0 bridgehead atoms. The number of nitrogens with one attached hydrogen (secondary N) is 1. The van der Waals surface area contributed by atoms with E-state index in [2.05, 4.69) is 4.72 Å². The van der Waals surface area contributed by atoms with Crippen molar-refractivity contribution in [1.82, 2.24) is 4.72 Å². The van der Waals surface area contributed by atoms with Gasteiger partial charge in [0.15, 0.2) is 4.90 Å². The van der Waals surface area contributed by atoms with Crippen molar-refractivity contribution in [1.29, 1.82) is 0 Å². The molecule has 0 saturated carbocycles. The minimum atomic E-state index is -4.05. The lowest BCUT2D eigenvalue weighted by atomic mass is 9.95. The highest BCUT2D eigenvalue weighted by atomic mass is 35.5. The molecule has 1 aromatic rings. The van der Waals surface area contributed by atoms with E-state index in [9.17, 15) is 18.5 Å². The Morgan fingerprint density at radius 2 is 1.78 bits per heavy atom. The summed E-state index contributed by atoms with van der Waals surface area (Å²) in [5.41, 5.74) is 5.55. The molecule has 7 nitrogen and oxygen atoms in total. The Hall–Kier alpha value is -1.22. The zero-order valence-electron chi connectivity index (χ0n) is 13.8. The van der Waals surface area contributed by atoms with E-state index < -0.39 is 26.2 Å². The van der Waals surface area contributed by atoms with Crippen molar-refractivity contribution in [3.05, 3.63) is 33.4 Å². The number of nitrogens with two attached hydrogens (primary N) is 1. The Morgan fingerprint density at radius 3 is 2.17 bits per heavy atom. The smallest absolute Gasteiger partial charge is 0.289 e. The first kappa shape index (κ1) is 21.8. The second-order valence-electron chi connectivity index (χ2n) is 5.41. The maximum atomic E-state index is 12.8. The Bertz CT molecular complexity index is 665. The van der Waals surface area contributed by atoms with E-state index in [1.54, 1.807) is 19.9 Å². The average molecular weight is 366 g/mol. The van der Waals surface area contributed by atoms with Crippen LogP contribution in [0.3, 0.4) is 0 Å². The van der Waals surface area contributed by atoms with Crippen LogP contribution in [-0.2, 0) is 10.0 Å². The number of aryl methyl sites for hydroxylation is 1. The fourth-order valence-corrected chi connectivity index (χ4v) is 4.35. The molecule has 0 spiro atoms. The molecule has 0 aliphatic heterocycles. The highest BCUT2D eigenvalue weighted by Gasteiger charge is 2.35. The molecule has 0 heterocycles. The first-order valence-corrected chi connectivity index (χ1v) is 8.61. The normalized spacial score (nSPS) is 11.9. The molecule has 0 aromatic heterocycles. The minimum Gasteiger partial charge on any atom is -0.329 e. The van der Waals surface area contributed by atoms with Crippen molar-refractivity contribution in [2.75, 3.05) is 6.54 Å². The highest BCUT2D eigenvalue weighted by Crippen LogP contribution is 2.30. The fourth-order valence-electron chi connectivity index (χ4n) is 2.32.